The molecule has 4 nitrogen and oxygen atoms in total. The molecule has 1 aromatic rings. The van der Waals surface area contributed by atoms with Gasteiger partial charge >= 0.3 is 0 Å². The first-order valence-electron chi connectivity index (χ1n) is 6.41. The maximum Gasteiger partial charge on any atom is 0.138 e. The summed E-state index contributed by atoms with van der Waals surface area (Å²) in [4.78, 5) is 2.38. The number of aliphatic hydroxyl groups excluding tert-OH is 1. The Bertz CT molecular complexity index is 356. The molecule has 17 heavy (non-hydrogen) atoms. The largest absolute Gasteiger partial charge is 0.395 e. The molecule has 1 aromatic heterocycles. The van der Waals surface area contributed by atoms with E-state index in [0.29, 0.717) is 6.04 Å². The number of nitrogens with zero attached hydrogens (tertiary/aromatic N) is 2. The zero-order chi connectivity index (χ0) is 12.4. The number of hydrogen-bond acceptors (Lipinski definition) is 4. The van der Waals surface area contributed by atoms with Gasteiger partial charge in [-0.1, -0.05) is 11.6 Å². The van der Waals surface area contributed by atoms with Crippen LogP contribution in [0.3, 0.4) is 0 Å². The van der Waals surface area contributed by atoms with Crippen molar-refractivity contribution < 1.29 is 9.63 Å². The van der Waals surface area contributed by atoms with Crippen molar-refractivity contribution in [3.05, 3.63) is 17.0 Å². The van der Waals surface area contributed by atoms with Gasteiger partial charge in [-0.05, 0) is 33.6 Å². The summed E-state index contributed by atoms with van der Waals surface area (Å²) < 4.78 is 5.20. The van der Waals surface area contributed by atoms with Crippen molar-refractivity contribution in [2.24, 2.45) is 0 Å². The number of piperidine rings is 1. The first kappa shape index (κ1) is 12.6. The highest BCUT2D eigenvalue weighted by molar-refractivity contribution is 5.20. The molecule has 1 N–H and O–H groups in total. The number of likely N-dealkylation sites (tertiary alicyclic amines) is 1. The molecule has 2 heterocycles. The predicted octanol–water partition coefficient (Wildman–Crippen LogP) is 2.03. The van der Waals surface area contributed by atoms with Crippen LogP contribution in [0.5, 0.6) is 0 Å². The summed E-state index contributed by atoms with van der Waals surface area (Å²) in [7, 11) is 0. The zero-order valence-electron chi connectivity index (χ0n) is 10.9. The van der Waals surface area contributed by atoms with E-state index in [4.69, 9.17) is 4.52 Å². The topological polar surface area (TPSA) is 49.5 Å². The number of rotatable bonds is 3. The van der Waals surface area contributed by atoms with Gasteiger partial charge < -0.3 is 9.63 Å². The summed E-state index contributed by atoms with van der Waals surface area (Å²) in [6.07, 6.45) is 3.51. The second-order valence-electron chi connectivity index (χ2n) is 5.09. The smallest absolute Gasteiger partial charge is 0.138 e. The monoisotopic (exact) mass is 238 g/mol. The first-order chi connectivity index (χ1) is 8.13. The Morgan fingerprint density at radius 2 is 2.18 bits per heavy atom. The van der Waals surface area contributed by atoms with E-state index in [1.807, 2.05) is 13.8 Å². The highest BCUT2D eigenvalue weighted by atomic mass is 16.5. The average Bonchev–Trinajstić information content (AvgIpc) is 2.63. The SMILES string of the molecule is Cc1noc(C)c1CN1C(C)CCCC1CO. The molecule has 2 unspecified atom stereocenters. The Hall–Kier alpha value is -0.870. The van der Waals surface area contributed by atoms with Crippen LogP contribution in [0.2, 0.25) is 0 Å². The molecule has 1 fully saturated rings. The Morgan fingerprint density at radius 1 is 1.41 bits per heavy atom. The molecule has 1 aliphatic heterocycles. The fourth-order valence-electron chi connectivity index (χ4n) is 2.73. The van der Waals surface area contributed by atoms with Crippen molar-refractivity contribution in [2.45, 2.75) is 58.7 Å². The summed E-state index contributed by atoms with van der Waals surface area (Å²) in [5.41, 5.74) is 2.15. The van der Waals surface area contributed by atoms with E-state index in [0.717, 1.165) is 24.4 Å². The van der Waals surface area contributed by atoms with Gasteiger partial charge in [0.1, 0.15) is 5.76 Å². The minimum Gasteiger partial charge on any atom is -0.395 e. The van der Waals surface area contributed by atoms with Crippen LogP contribution in [0.25, 0.3) is 0 Å². The number of aliphatic hydroxyl groups is 1. The minimum absolute atomic E-state index is 0.244. The molecule has 0 aromatic carbocycles. The maximum atomic E-state index is 9.47. The number of aromatic nitrogens is 1. The van der Waals surface area contributed by atoms with E-state index in [2.05, 4.69) is 17.0 Å². The third-order valence-electron chi connectivity index (χ3n) is 3.93. The fourth-order valence-corrected chi connectivity index (χ4v) is 2.73. The summed E-state index contributed by atoms with van der Waals surface area (Å²) in [5, 5.41) is 13.5. The standard InChI is InChI=1S/C13H22N2O2/c1-9-5-4-6-12(8-16)15(9)7-13-10(2)14-17-11(13)3/h9,12,16H,4-8H2,1-3H3. The molecule has 0 spiro atoms. The van der Waals surface area contributed by atoms with Crippen LogP contribution in [0.1, 0.15) is 43.2 Å². The lowest BCUT2D eigenvalue weighted by molar-refractivity contribution is 0.0447. The maximum absolute atomic E-state index is 9.47. The highest BCUT2D eigenvalue weighted by Gasteiger charge is 2.28. The summed E-state index contributed by atoms with van der Waals surface area (Å²) in [6.45, 7) is 7.26. The lowest BCUT2D eigenvalue weighted by Crippen LogP contribution is -2.46. The third-order valence-corrected chi connectivity index (χ3v) is 3.93. The van der Waals surface area contributed by atoms with Crippen molar-refractivity contribution in [1.29, 1.82) is 0 Å². The molecular formula is C13H22N2O2. The number of aryl methyl sites for hydroxylation is 2. The van der Waals surface area contributed by atoms with Crippen LogP contribution in [0.4, 0.5) is 0 Å². The Kier molecular flexibility index (Phi) is 3.84. The molecule has 2 rings (SSSR count). The summed E-state index contributed by atoms with van der Waals surface area (Å²) in [5.74, 6) is 0.900. The van der Waals surface area contributed by atoms with Gasteiger partial charge in [0.2, 0.25) is 0 Å². The van der Waals surface area contributed by atoms with E-state index >= 15 is 0 Å². The second-order valence-corrected chi connectivity index (χ2v) is 5.09. The average molecular weight is 238 g/mol. The molecular weight excluding hydrogens is 216 g/mol. The molecule has 4 heteroatoms. The Balaban J connectivity index is 2.15. The van der Waals surface area contributed by atoms with E-state index in [1.54, 1.807) is 0 Å². The van der Waals surface area contributed by atoms with Gasteiger partial charge in [0, 0.05) is 24.2 Å². The molecule has 1 aliphatic rings. The van der Waals surface area contributed by atoms with Crippen LogP contribution in [-0.4, -0.2) is 33.9 Å². The third kappa shape index (κ3) is 2.53. The highest BCUT2D eigenvalue weighted by Crippen LogP contribution is 2.26. The van der Waals surface area contributed by atoms with Crippen LogP contribution >= 0.6 is 0 Å². The number of hydrogen-bond donors (Lipinski definition) is 1. The first-order valence-corrected chi connectivity index (χ1v) is 6.41. The molecule has 96 valence electrons. The molecule has 0 saturated carbocycles. The van der Waals surface area contributed by atoms with E-state index in [1.165, 1.54) is 18.4 Å². The van der Waals surface area contributed by atoms with Gasteiger partial charge in [-0.3, -0.25) is 4.90 Å². The van der Waals surface area contributed by atoms with Crippen molar-refractivity contribution >= 4 is 0 Å². The molecule has 0 radical (unpaired) electrons. The van der Waals surface area contributed by atoms with Crippen LogP contribution < -0.4 is 0 Å². The van der Waals surface area contributed by atoms with E-state index in [9.17, 15) is 5.11 Å². The van der Waals surface area contributed by atoms with Crippen molar-refractivity contribution in [1.82, 2.24) is 10.1 Å². The van der Waals surface area contributed by atoms with Gasteiger partial charge in [0.25, 0.3) is 0 Å². The fraction of sp³-hybridized carbons (Fsp3) is 0.769. The normalized spacial score (nSPS) is 26.4. The molecule has 0 amide bonds. The van der Waals surface area contributed by atoms with Gasteiger partial charge in [-0.2, -0.15) is 0 Å². The van der Waals surface area contributed by atoms with Crippen LogP contribution in [0, 0.1) is 13.8 Å². The van der Waals surface area contributed by atoms with E-state index in [-0.39, 0.29) is 12.6 Å². The van der Waals surface area contributed by atoms with Crippen molar-refractivity contribution in [3.63, 3.8) is 0 Å². The molecule has 0 bridgehead atoms. The minimum atomic E-state index is 0.244. The molecule has 2 atom stereocenters. The van der Waals surface area contributed by atoms with Gasteiger partial charge in [0.05, 0.1) is 12.3 Å². The Labute approximate surface area is 103 Å². The lowest BCUT2D eigenvalue weighted by Gasteiger charge is -2.39. The second kappa shape index (κ2) is 5.19. The quantitative estimate of drug-likeness (QED) is 0.875. The zero-order valence-corrected chi connectivity index (χ0v) is 10.9. The molecule has 1 saturated heterocycles. The van der Waals surface area contributed by atoms with Gasteiger partial charge in [-0.25, -0.2) is 0 Å². The summed E-state index contributed by atoms with van der Waals surface area (Å²) in [6, 6.07) is 0.807. The van der Waals surface area contributed by atoms with Gasteiger partial charge in [-0.15, -0.1) is 0 Å². The molecule has 0 aliphatic carbocycles. The Morgan fingerprint density at radius 3 is 2.76 bits per heavy atom. The summed E-state index contributed by atoms with van der Waals surface area (Å²) >= 11 is 0. The predicted molar refractivity (Wildman–Crippen MR) is 65.7 cm³/mol. The van der Waals surface area contributed by atoms with Crippen LogP contribution in [-0.2, 0) is 6.54 Å². The van der Waals surface area contributed by atoms with E-state index < -0.39 is 0 Å². The van der Waals surface area contributed by atoms with Crippen molar-refractivity contribution in [2.75, 3.05) is 6.61 Å². The van der Waals surface area contributed by atoms with Gasteiger partial charge in [0.15, 0.2) is 0 Å². The van der Waals surface area contributed by atoms with Crippen molar-refractivity contribution in [3.8, 4) is 0 Å². The lowest BCUT2D eigenvalue weighted by atomic mass is 9.96. The van der Waals surface area contributed by atoms with Crippen LogP contribution in [0.15, 0.2) is 4.52 Å².